The van der Waals surface area contributed by atoms with Crippen molar-refractivity contribution in [1.82, 2.24) is 9.88 Å². The standard InChI is InChI=1S/C14H19N3O3S/c18-14(19)17-5-3-11-1-2-13(15-12(11)4-6-17)16-7-9-21(20)10-8-16/h1-2H,3-10H2,(H,18,19). The van der Waals surface area contributed by atoms with Crippen molar-refractivity contribution >= 4 is 22.7 Å². The molecule has 0 radical (unpaired) electrons. The van der Waals surface area contributed by atoms with E-state index in [1.54, 1.807) is 0 Å². The minimum absolute atomic E-state index is 0.503. The lowest BCUT2D eigenvalue weighted by Gasteiger charge is -2.28. The van der Waals surface area contributed by atoms with Gasteiger partial charge < -0.3 is 14.9 Å². The van der Waals surface area contributed by atoms with Gasteiger partial charge in [-0.1, -0.05) is 6.07 Å². The Labute approximate surface area is 126 Å². The van der Waals surface area contributed by atoms with Crippen LogP contribution >= 0.6 is 0 Å². The Kier molecular flexibility index (Phi) is 4.10. The predicted octanol–water partition coefficient (Wildman–Crippen LogP) is 0.729. The Balaban J connectivity index is 1.76. The topological polar surface area (TPSA) is 73.7 Å². The third kappa shape index (κ3) is 3.18. The Hall–Kier alpha value is -1.63. The summed E-state index contributed by atoms with van der Waals surface area (Å²) in [5, 5.41) is 9.09. The molecule has 1 N–H and O–H groups in total. The second kappa shape index (κ2) is 6.01. The van der Waals surface area contributed by atoms with Crippen molar-refractivity contribution in [2.24, 2.45) is 0 Å². The number of carboxylic acid groups (broad SMARTS) is 1. The zero-order valence-corrected chi connectivity index (χ0v) is 12.6. The summed E-state index contributed by atoms with van der Waals surface area (Å²) in [6.07, 6.45) is 0.523. The van der Waals surface area contributed by atoms with Crippen LogP contribution in [-0.4, -0.2) is 63.0 Å². The van der Waals surface area contributed by atoms with Crippen LogP contribution in [0, 0.1) is 0 Å². The highest BCUT2D eigenvalue weighted by atomic mass is 32.2. The SMILES string of the molecule is O=C(O)N1CCc2ccc(N3CCS(=O)CC3)nc2CC1. The second-order valence-electron chi connectivity index (χ2n) is 5.38. The Morgan fingerprint density at radius 3 is 2.57 bits per heavy atom. The third-order valence-corrected chi connectivity index (χ3v) is 5.37. The lowest BCUT2D eigenvalue weighted by molar-refractivity contribution is 0.147. The predicted molar refractivity (Wildman–Crippen MR) is 81.3 cm³/mol. The number of carbonyl (C=O) groups is 1. The lowest BCUT2D eigenvalue weighted by Crippen LogP contribution is -2.38. The van der Waals surface area contributed by atoms with Gasteiger partial charge in [0, 0.05) is 60.6 Å². The molecule has 114 valence electrons. The summed E-state index contributed by atoms with van der Waals surface area (Å²) >= 11 is 0. The van der Waals surface area contributed by atoms with Gasteiger partial charge in [-0.2, -0.15) is 0 Å². The lowest BCUT2D eigenvalue weighted by atomic mass is 10.1. The van der Waals surface area contributed by atoms with Crippen molar-refractivity contribution < 1.29 is 14.1 Å². The molecule has 0 aliphatic carbocycles. The maximum absolute atomic E-state index is 11.4. The van der Waals surface area contributed by atoms with E-state index >= 15 is 0 Å². The van der Waals surface area contributed by atoms with Gasteiger partial charge in [-0.05, 0) is 18.1 Å². The van der Waals surface area contributed by atoms with Gasteiger partial charge >= 0.3 is 6.09 Å². The summed E-state index contributed by atoms with van der Waals surface area (Å²) in [7, 11) is -0.691. The molecule has 0 atom stereocenters. The number of nitrogens with zero attached hydrogens (tertiary/aromatic N) is 3. The molecule has 1 aromatic heterocycles. The molecular formula is C14H19N3O3S. The van der Waals surface area contributed by atoms with E-state index in [1.165, 1.54) is 4.90 Å². The van der Waals surface area contributed by atoms with Crippen molar-refractivity contribution in [3.8, 4) is 0 Å². The molecule has 21 heavy (non-hydrogen) atoms. The molecule has 7 heteroatoms. The fourth-order valence-electron chi connectivity index (χ4n) is 2.81. The minimum atomic E-state index is -0.860. The molecule has 2 aliphatic heterocycles. The first-order valence-electron chi connectivity index (χ1n) is 7.20. The number of fused-ring (bicyclic) bond motifs is 1. The summed E-state index contributed by atoms with van der Waals surface area (Å²) in [6, 6.07) is 4.07. The van der Waals surface area contributed by atoms with E-state index in [0.29, 0.717) is 31.0 Å². The second-order valence-corrected chi connectivity index (χ2v) is 7.08. The summed E-state index contributed by atoms with van der Waals surface area (Å²) in [4.78, 5) is 19.4. The molecule has 3 heterocycles. The molecule has 6 nitrogen and oxygen atoms in total. The number of pyridine rings is 1. The van der Waals surface area contributed by atoms with Crippen LogP contribution in [0.3, 0.4) is 0 Å². The molecule has 1 fully saturated rings. The molecule has 1 aromatic rings. The molecule has 0 aromatic carbocycles. The number of aromatic nitrogens is 1. The van der Waals surface area contributed by atoms with Gasteiger partial charge in [0.05, 0.1) is 0 Å². The number of rotatable bonds is 1. The van der Waals surface area contributed by atoms with E-state index in [1.807, 2.05) is 6.07 Å². The first-order valence-corrected chi connectivity index (χ1v) is 8.69. The Morgan fingerprint density at radius 1 is 1.14 bits per heavy atom. The number of amides is 1. The van der Waals surface area contributed by atoms with Crippen LogP contribution in [0.15, 0.2) is 12.1 Å². The fraction of sp³-hybridized carbons (Fsp3) is 0.571. The molecule has 0 bridgehead atoms. The average Bonchev–Trinajstić information content (AvgIpc) is 2.70. The molecule has 1 saturated heterocycles. The monoisotopic (exact) mass is 309 g/mol. The van der Waals surface area contributed by atoms with E-state index in [9.17, 15) is 9.00 Å². The maximum atomic E-state index is 11.4. The van der Waals surface area contributed by atoms with Crippen LogP contribution in [0.1, 0.15) is 11.3 Å². The smallest absolute Gasteiger partial charge is 0.407 e. The van der Waals surface area contributed by atoms with Gasteiger partial charge in [0.1, 0.15) is 5.82 Å². The van der Waals surface area contributed by atoms with Crippen LogP contribution in [-0.2, 0) is 23.6 Å². The van der Waals surface area contributed by atoms with E-state index in [4.69, 9.17) is 10.1 Å². The van der Waals surface area contributed by atoms with Crippen molar-refractivity contribution in [2.45, 2.75) is 12.8 Å². The zero-order valence-electron chi connectivity index (χ0n) is 11.8. The van der Waals surface area contributed by atoms with Gasteiger partial charge in [0.15, 0.2) is 0 Å². The van der Waals surface area contributed by atoms with Gasteiger partial charge in [0.25, 0.3) is 0 Å². The van der Waals surface area contributed by atoms with Crippen LogP contribution in [0.25, 0.3) is 0 Å². The summed E-state index contributed by atoms with van der Waals surface area (Å²) < 4.78 is 11.4. The van der Waals surface area contributed by atoms with E-state index in [-0.39, 0.29) is 0 Å². The van der Waals surface area contributed by atoms with E-state index < -0.39 is 16.9 Å². The van der Waals surface area contributed by atoms with Crippen LogP contribution in [0.5, 0.6) is 0 Å². The summed E-state index contributed by atoms with van der Waals surface area (Å²) in [5.74, 6) is 2.33. The maximum Gasteiger partial charge on any atom is 0.407 e. The summed E-state index contributed by atoms with van der Waals surface area (Å²) in [5.41, 5.74) is 2.14. The molecule has 0 spiro atoms. The number of anilines is 1. The first kappa shape index (κ1) is 14.3. The van der Waals surface area contributed by atoms with Crippen LogP contribution in [0.4, 0.5) is 10.6 Å². The average molecular weight is 309 g/mol. The molecule has 3 rings (SSSR count). The van der Waals surface area contributed by atoms with Crippen molar-refractivity contribution in [2.75, 3.05) is 42.6 Å². The molecule has 0 unspecified atom stereocenters. The highest BCUT2D eigenvalue weighted by molar-refractivity contribution is 7.85. The summed E-state index contributed by atoms with van der Waals surface area (Å²) in [6.45, 7) is 2.59. The normalized spacial score (nSPS) is 20.0. The molecule has 1 amide bonds. The largest absolute Gasteiger partial charge is 0.465 e. The molecule has 2 aliphatic rings. The van der Waals surface area contributed by atoms with Gasteiger partial charge in [0.2, 0.25) is 0 Å². The Bertz CT molecular complexity index is 569. The minimum Gasteiger partial charge on any atom is -0.465 e. The van der Waals surface area contributed by atoms with E-state index in [2.05, 4.69) is 11.0 Å². The highest BCUT2D eigenvalue weighted by Crippen LogP contribution is 2.20. The van der Waals surface area contributed by atoms with Gasteiger partial charge in [-0.3, -0.25) is 4.21 Å². The fourth-order valence-corrected chi connectivity index (χ4v) is 3.86. The highest BCUT2D eigenvalue weighted by Gasteiger charge is 2.21. The number of hydrogen-bond donors (Lipinski definition) is 1. The van der Waals surface area contributed by atoms with Crippen molar-refractivity contribution in [1.29, 1.82) is 0 Å². The Morgan fingerprint density at radius 2 is 1.86 bits per heavy atom. The van der Waals surface area contributed by atoms with E-state index in [0.717, 1.165) is 36.6 Å². The van der Waals surface area contributed by atoms with Gasteiger partial charge in [-0.15, -0.1) is 0 Å². The van der Waals surface area contributed by atoms with Crippen molar-refractivity contribution in [3.05, 3.63) is 23.4 Å². The quantitative estimate of drug-likeness (QED) is 0.828. The number of hydrogen-bond acceptors (Lipinski definition) is 4. The zero-order chi connectivity index (χ0) is 14.8. The molecular weight excluding hydrogens is 290 g/mol. The third-order valence-electron chi connectivity index (χ3n) is 4.10. The first-order chi connectivity index (χ1) is 10.1. The van der Waals surface area contributed by atoms with Crippen molar-refractivity contribution in [3.63, 3.8) is 0 Å². The van der Waals surface area contributed by atoms with Crippen LogP contribution < -0.4 is 4.90 Å². The van der Waals surface area contributed by atoms with Crippen LogP contribution in [0.2, 0.25) is 0 Å². The molecule has 0 saturated carbocycles. The van der Waals surface area contributed by atoms with Gasteiger partial charge in [-0.25, -0.2) is 9.78 Å².